The molecule has 2 aliphatic heterocycles. The minimum atomic E-state index is -2.29. The molecule has 0 bridgehead atoms. The molecule has 3 rings (SSSR count). The maximum Gasteiger partial charge on any atom is 0.592 e. The molecular formula is C9H11NO3P+. The first-order valence-corrected chi connectivity index (χ1v) is 6.12. The fourth-order valence-corrected chi connectivity index (χ4v) is 3.71. The molecule has 2 aliphatic rings. The number of fused-ring (bicyclic) bond motifs is 1. The minimum absolute atomic E-state index is 0.151. The fraction of sp³-hybridized carbons (Fsp3) is 0.333. The van der Waals surface area contributed by atoms with Crippen LogP contribution in [0.3, 0.4) is 0 Å². The van der Waals surface area contributed by atoms with Gasteiger partial charge in [-0.15, -0.1) is 4.52 Å². The van der Waals surface area contributed by atoms with Gasteiger partial charge in [0, 0.05) is 0 Å². The third kappa shape index (κ3) is 1.19. The van der Waals surface area contributed by atoms with E-state index in [0.29, 0.717) is 0 Å². The smallest absolute Gasteiger partial charge is 0.259 e. The van der Waals surface area contributed by atoms with Gasteiger partial charge in [0.15, 0.2) is 0 Å². The maximum absolute atomic E-state index is 5.68. The van der Waals surface area contributed by atoms with Gasteiger partial charge in [0.05, 0.1) is 6.54 Å². The molecular weight excluding hydrogens is 201 g/mol. The third-order valence-electron chi connectivity index (χ3n) is 2.18. The molecule has 1 unspecified atom stereocenters. The van der Waals surface area contributed by atoms with E-state index in [-0.39, 0.29) is 6.10 Å². The first-order chi connectivity index (χ1) is 6.77. The van der Waals surface area contributed by atoms with E-state index in [1.807, 2.05) is 31.2 Å². The molecule has 1 atom stereocenters. The predicted molar refractivity (Wildman–Crippen MR) is 53.2 cm³/mol. The Labute approximate surface area is 82.8 Å². The molecule has 1 N–H and O–H groups in total. The second-order valence-electron chi connectivity index (χ2n) is 3.41. The van der Waals surface area contributed by atoms with Crippen molar-refractivity contribution in [1.29, 1.82) is 0 Å². The lowest BCUT2D eigenvalue weighted by molar-refractivity contribution is 0.230. The summed E-state index contributed by atoms with van der Waals surface area (Å²) < 4.78 is 17.0. The molecule has 4 nitrogen and oxygen atoms in total. The standard InChI is InChI=1S/C9H11NO3P/c1-7-6-10-14(11-7)12-8-4-2-3-5-9(8)13-14/h2-5,7,10H,6H2,1H3/q+1. The van der Waals surface area contributed by atoms with E-state index in [2.05, 4.69) is 5.09 Å². The molecule has 1 aromatic rings. The molecule has 0 amide bonds. The van der Waals surface area contributed by atoms with Crippen LogP contribution in [-0.2, 0) is 4.52 Å². The number of benzene rings is 1. The Morgan fingerprint density at radius 3 is 2.43 bits per heavy atom. The molecule has 14 heavy (non-hydrogen) atoms. The van der Waals surface area contributed by atoms with Crippen LogP contribution in [0.25, 0.3) is 0 Å². The van der Waals surface area contributed by atoms with Gasteiger partial charge >= 0.3 is 8.09 Å². The van der Waals surface area contributed by atoms with Gasteiger partial charge < -0.3 is 0 Å². The Kier molecular flexibility index (Phi) is 1.71. The van der Waals surface area contributed by atoms with E-state index in [9.17, 15) is 0 Å². The van der Waals surface area contributed by atoms with Gasteiger partial charge in [0.1, 0.15) is 6.10 Å². The van der Waals surface area contributed by atoms with E-state index in [1.54, 1.807) is 0 Å². The van der Waals surface area contributed by atoms with Gasteiger partial charge in [-0.05, 0) is 19.1 Å². The summed E-state index contributed by atoms with van der Waals surface area (Å²) in [6, 6.07) is 7.61. The summed E-state index contributed by atoms with van der Waals surface area (Å²) in [7, 11) is -2.29. The Bertz CT molecular complexity index is 346. The van der Waals surface area contributed by atoms with Crippen molar-refractivity contribution < 1.29 is 13.6 Å². The van der Waals surface area contributed by atoms with Crippen molar-refractivity contribution in [2.24, 2.45) is 0 Å². The van der Waals surface area contributed by atoms with Crippen molar-refractivity contribution in [3.63, 3.8) is 0 Å². The summed E-state index contributed by atoms with van der Waals surface area (Å²) in [5.74, 6) is 1.53. The molecule has 74 valence electrons. The second kappa shape index (κ2) is 2.83. The van der Waals surface area contributed by atoms with Gasteiger partial charge in [0.25, 0.3) is 0 Å². The van der Waals surface area contributed by atoms with Crippen molar-refractivity contribution in [3.05, 3.63) is 24.3 Å². The maximum atomic E-state index is 5.68. The van der Waals surface area contributed by atoms with E-state index >= 15 is 0 Å². The first kappa shape index (κ1) is 8.48. The highest BCUT2D eigenvalue weighted by Gasteiger charge is 2.60. The highest BCUT2D eigenvalue weighted by atomic mass is 31.2. The lowest BCUT2D eigenvalue weighted by atomic mass is 10.3. The van der Waals surface area contributed by atoms with Crippen LogP contribution in [0, 0.1) is 0 Å². The molecule has 1 spiro atoms. The van der Waals surface area contributed by atoms with Gasteiger partial charge in [-0.3, -0.25) is 9.05 Å². The molecule has 0 aromatic heterocycles. The minimum Gasteiger partial charge on any atom is -0.259 e. The van der Waals surface area contributed by atoms with Crippen molar-refractivity contribution in [3.8, 4) is 11.5 Å². The summed E-state index contributed by atoms with van der Waals surface area (Å²) >= 11 is 0. The van der Waals surface area contributed by atoms with E-state index < -0.39 is 8.09 Å². The number of nitrogens with one attached hydrogen (secondary N) is 1. The van der Waals surface area contributed by atoms with Crippen molar-refractivity contribution in [2.45, 2.75) is 13.0 Å². The molecule has 0 aliphatic carbocycles. The van der Waals surface area contributed by atoms with E-state index in [4.69, 9.17) is 13.6 Å². The molecule has 0 radical (unpaired) electrons. The van der Waals surface area contributed by atoms with Crippen LogP contribution < -0.4 is 14.1 Å². The summed E-state index contributed by atoms with van der Waals surface area (Å²) in [5.41, 5.74) is 0. The first-order valence-electron chi connectivity index (χ1n) is 4.58. The Hall–Kier alpha value is -0.830. The Balaban J connectivity index is 1.91. The molecule has 2 heterocycles. The second-order valence-corrected chi connectivity index (χ2v) is 5.29. The molecule has 0 saturated carbocycles. The molecule has 5 heteroatoms. The topological polar surface area (TPSA) is 39.7 Å². The SMILES string of the molecule is CC1CN[P+]2(Oc3ccccc3O2)O1. The summed E-state index contributed by atoms with van der Waals surface area (Å²) in [6.45, 7) is 2.78. The summed E-state index contributed by atoms with van der Waals surface area (Å²) in [4.78, 5) is 0. The lowest BCUT2D eigenvalue weighted by Crippen LogP contribution is -2.15. The third-order valence-corrected chi connectivity index (χ3v) is 4.26. The van der Waals surface area contributed by atoms with Crippen LogP contribution in [0.15, 0.2) is 24.3 Å². The number of hydrogen-bond donors (Lipinski definition) is 1. The van der Waals surface area contributed by atoms with E-state index in [1.165, 1.54) is 0 Å². The van der Waals surface area contributed by atoms with E-state index in [0.717, 1.165) is 18.0 Å². The zero-order chi connectivity index (χ0) is 9.60. The quantitative estimate of drug-likeness (QED) is 0.669. The molecule has 1 aromatic carbocycles. The normalized spacial score (nSPS) is 27.1. The summed E-state index contributed by atoms with van der Waals surface area (Å²) in [6.07, 6.45) is 0.151. The number of para-hydroxylation sites is 2. The highest BCUT2D eigenvalue weighted by molar-refractivity contribution is 7.60. The van der Waals surface area contributed by atoms with Crippen molar-refractivity contribution in [1.82, 2.24) is 5.09 Å². The van der Waals surface area contributed by atoms with Crippen LogP contribution in [-0.4, -0.2) is 12.6 Å². The fourth-order valence-electron chi connectivity index (χ4n) is 1.54. The largest absolute Gasteiger partial charge is 0.592 e. The average Bonchev–Trinajstić information content (AvgIpc) is 2.69. The number of hydrogen-bond acceptors (Lipinski definition) is 4. The molecule has 1 saturated heterocycles. The van der Waals surface area contributed by atoms with Crippen LogP contribution in [0.5, 0.6) is 11.5 Å². The zero-order valence-corrected chi connectivity index (χ0v) is 8.66. The van der Waals surface area contributed by atoms with Crippen molar-refractivity contribution >= 4 is 8.09 Å². The van der Waals surface area contributed by atoms with Gasteiger partial charge in [-0.25, -0.2) is 0 Å². The van der Waals surface area contributed by atoms with Crippen LogP contribution in [0.4, 0.5) is 0 Å². The van der Waals surface area contributed by atoms with Crippen molar-refractivity contribution in [2.75, 3.05) is 6.54 Å². The van der Waals surface area contributed by atoms with Crippen LogP contribution in [0.1, 0.15) is 6.92 Å². The zero-order valence-electron chi connectivity index (χ0n) is 7.77. The van der Waals surface area contributed by atoms with Crippen LogP contribution >= 0.6 is 8.09 Å². The lowest BCUT2D eigenvalue weighted by Gasteiger charge is -2.06. The van der Waals surface area contributed by atoms with Gasteiger partial charge in [-0.1, -0.05) is 17.2 Å². The highest BCUT2D eigenvalue weighted by Crippen LogP contribution is 2.67. The average molecular weight is 212 g/mol. The van der Waals surface area contributed by atoms with Gasteiger partial charge in [0.2, 0.25) is 11.5 Å². The van der Waals surface area contributed by atoms with Gasteiger partial charge in [-0.2, -0.15) is 0 Å². The monoisotopic (exact) mass is 212 g/mol. The van der Waals surface area contributed by atoms with Crippen LogP contribution in [0.2, 0.25) is 0 Å². The molecule has 1 fully saturated rings. The summed E-state index contributed by atoms with van der Waals surface area (Å²) in [5, 5.41) is 3.17. The Morgan fingerprint density at radius 2 is 1.93 bits per heavy atom. The number of rotatable bonds is 0. The Morgan fingerprint density at radius 1 is 1.29 bits per heavy atom. The predicted octanol–water partition coefficient (Wildman–Crippen LogP) is 2.14.